The Hall–Kier alpha value is -0.216. The van der Waals surface area contributed by atoms with E-state index in [1.165, 1.54) is 38.5 Å². The summed E-state index contributed by atoms with van der Waals surface area (Å²) in [7, 11) is -4.11. The van der Waals surface area contributed by atoms with Crippen molar-refractivity contribution >= 4 is 22.6 Å². The molecular formula is C29H52O5Si2. The smallest absolute Gasteiger partial charge is 0.334 e. The maximum Gasteiger partial charge on any atom is 0.334 e. The first-order valence-electron chi connectivity index (χ1n) is 14.8. The van der Waals surface area contributed by atoms with Crippen molar-refractivity contribution in [2.45, 2.75) is 129 Å². The average molecular weight is 537 g/mol. The van der Waals surface area contributed by atoms with Crippen molar-refractivity contribution < 1.29 is 23.1 Å². The lowest BCUT2D eigenvalue weighted by molar-refractivity contribution is -0.269. The molecule has 3 aliphatic carbocycles. The van der Waals surface area contributed by atoms with Gasteiger partial charge >= 0.3 is 5.97 Å². The van der Waals surface area contributed by atoms with E-state index in [0.717, 1.165) is 13.0 Å². The number of ether oxygens (including phenoxy) is 2. The fraction of sp³-hybridized carbons (Fsp3) is 0.966. The predicted molar refractivity (Wildman–Crippen MR) is 148 cm³/mol. The molecule has 2 aliphatic heterocycles. The van der Waals surface area contributed by atoms with Crippen molar-refractivity contribution in [2.24, 2.45) is 34.5 Å². The molecule has 5 nitrogen and oxygen atoms in total. The van der Waals surface area contributed by atoms with Crippen LogP contribution in [0.1, 0.15) is 72.6 Å². The summed E-state index contributed by atoms with van der Waals surface area (Å²) in [5.74, 6) is 1.47. The first kappa shape index (κ1) is 27.4. The first-order valence-corrected chi connectivity index (χ1v) is 21.1. The van der Waals surface area contributed by atoms with E-state index in [0.29, 0.717) is 24.4 Å². The van der Waals surface area contributed by atoms with Crippen LogP contribution in [0.25, 0.3) is 0 Å². The van der Waals surface area contributed by atoms with Crippen molar-refractivity contribution in [3.05, 3.63) is 0 Å². The molecule has 0 aromatic carbocycles. The number of hydrogen-bond donors (Lipinski definition) is 0. The third-order valence-electron chi connectivity index (χ3n) is 11.4. The molecule has 0 aromatic rings. The van der Waals surface area contributed by atoms with Gasteiger partial charge in [-0.1, -0.05) is 47.0 Å². The standard InChI is InChI=1S/C29H52O5Si2/c1-27(2,3)36(8,9)33-23-24-28(4,20-14-10-11-15-20)25(34-35(5,6)7)22-21-19(17-31-22)13-12-16-29(21,24)18-32-26(23)30/h19-25H,10-18H2,1-9H3/t19-,21+,22+,23?,24-,25+,28-,29+/m0/s1. The minimum Gasteiger partial charge on any atom is -0.463 e. The van der Waals surface area contributed by atoms with E-state index in [9.17, 15) is 4.79 Å². The van der Waals surface area contributed by atoms with Crippen LogP contribution in [-0.4, -0.2) is 54.1 Å². The van der Waals surface area contributed by atoms with Gasteiger partial charge in [0.2, 0.25) is 0 Å². The van der Waals surface area contributed by atoms with Crippen LogP contribution in [0.3, 0.4) is 0 Å². The van der Waals surface area contributed by atoms with E-state index >= 15 is 0 Å². The number of hydrogen-bond acceptors (Lipinski definition) is 5. The van der Waals surface area contributed by atoms with Crippen LogP contribution in [0.5, 0.6) is 0 Å². The van der Waals surface area contributed by atoms with E-state index in [1.54, 1.807) is 0 Å². The van der Waals surface area contributed by atoms with Gasteiger partial charge in [0.1, 0.15) is 6.10 Å². The van der Waals surface area contributed by atoms with Crippen LogP contribution in [0.4, 0.5) is 0 Å². The number of rotatable bonds is 5. The Kier molecular flexibility index (Phi) is 6.76. The summed E-state index contributed by atoms with van der Waals surface area (Å²) in [5.41, 5.74) is -0.238. The van der Waals surface area contributed by atoms with Gasteiger partial charge in [-0.25, -0.2) is 4.79 Å². The van der Waals surface area contributed by atoms with E-state index in [4.69, 9.17) is 18.3 Å². The molecule has 5 rings (SSSR count). The molecule has 206 valence electrons. The molecule has 5 fully saturated rings. The van der Waals surface area contributed by atoms with Gasteiger partial charge in [0.15, 0.2) is 16.6 Å². The normalized spacial score (nSPS) is 43.8. The van der Waals surface area contributed by atoms with Crippen LogP contribution in [-0.2, 0) is 23.1 Å². The molecule has 0 N–H and O–H groups in total. The Bertz CT molecular complexity index is 857. The van der Waals surface area contributed by atoms with Crippen molar-refractivity contribution in [1.82, 2.24) is 0 Å². The molecule has 0 amide bonds. The van der Waals surface area contributed by atoms with Crippen LogP contribution in [0, 0.1) is 34.5 Å². The lowest BCUT2D eigenvalue weighted by Gasteiger charge is -2.68. The van der Waals surface area contributed by atoms with Gasteiger partial charge in [-0.2, -0.15) is 0 Å². The minimum atomic E-state index is -2.22. The van der Waals surface area contributed by atoms with Gasteiger partial charge in [-0.3, -0.25) is 0 Å². The second-order valence-electron chi connectivity index (χ2n) is 15.6. The van der Waals surface area contributed by atoms with E-state index in [-0.39, 0.29) is 40.0 Å². The zero-order valence-electron chi connectivity index (χ0n) is 24.4. The summed E-state index contributed by atoms with van der Waals surface area (Å²) in [5, 5.41) is 0.0264. The maximum absolute atomic E-state index is 13.8. The fourth-order valence-corrected chi connectivity index (χ4v) is 11.3. The third kappa shape index (κ3) is 4.13. The quantitative estimate of drug-likeness (QED) is 0.286. The summed E-state index contributed by atoms with van der Waals surface area (Å²) in [6.45, 7) is 22.2. The van der Waals surface area contributed by atoms with Crippen LogP contribution in [0.15, 0.2) is 0 Å². The monoisotopic (exact) mass is 536 g/mol. The van der Waals surface area contributed by atoms with Crippen LogP contribution >= 0.6 is 0 Å². The number of esters is 1. The molecule has 0 aromatic heterocycles. The van der Waals surface area contributed by atoms with E-state index < -0.39 is 22.7 Å². The summed E-state index contributed by atoms with van der Waals surface area (Å²) in [4.78, 5) is 13.8. The van der Waals surface area contributed by atoms with Gasteiger partial charge in [0, 0.05) is 22.7 Å². The summed E-state index contributed by atoms with van der Waals surface area (Å²) in [6, 6.07) is 0. The molecule has 2 saturated heterocycles. The van der Waals surface area contributed by atoms with Gasteiger partial charge in [0.05, 0.1) is 25.4 Å². The largest absolute Gasteiger partial charge is 0.463 e. The van der Waals surface area contributed by atoms with Crippen molar-refractivity contribution in [2.75, 3.05) is 13.2 Å². The SMILES string of the molecule is CC(C)(C)[Si](C)(C)OC1C(=O)OC[C@]23CCC[C@H]4CO[C@H]([C@@H]42)[C@@H](O[Si](C)(C)C)[C@@](C)(C2CCCC2)[C@H]13. The zero-order chi connectivity index (χ0) is 26.3. The minimum absolute atomic E-state index is 0.0231. The number of carbonyl (C=O) groups is 1. The van der Waals surface area contributed by atoms with Crippen molar-refractivity contribution in [3.8, 4) is 0 Å². The van der Waals surface area contributed by atoms with Crippen LogP contribution in [0.2, 0.25) is 37.8 Å². The second-order valence-corrected chi connectivity index (χ2v) is 24.8. The molecule has 1 unspecified atom stereocenters. The molecule has 7 heteroatoms. The van der Waals surface area contributed by atoms with Gasteiger partial charge in [-0.15, -0.1) is 0 Å². The topological polar surface area (TPSA) is 54.0 Å². The highest BCUT2D eigenvalue weighted by Crippen LogP contribution is 2.70. The summed E-state index contributed by atoms with van der Waals surface area (Å²) in [6.07, 6.45) is 8.14. The lowest BCUT2D eigenvalue weighted by Crippen LogP contribution is -2.74. The maximum atomic E-state index is 13.8. The molecule has 2 heterocycles. The lowest BCUT2D eigenvalue weighted by atomic mass is 9.41. The van der Waals surface area contributed by atoms with Crippen molar-refractivity contribution in [3.63, 3.8) is 0 Å². The molecule has 0 radical (unpaired) electrons. The number of carbonyl (C=O) groups excluding carboxylic acids is 1. The summed E-state index contributed by atoms with van der Waals surface area (Å²) < 4.78 is 27.3. The van der Waals surface area contributed by atoms with Gasteiger partial charge in [-0.05, 0) is 75.3 Å². The Balaban J connectivity index is 1.70. The summed E-state index contributed by atoms with van der Waals surface area (Å²) >= 11 is 0. The predicted octanol–water partition coefficient (Wildman–Crippen LogP) is 6.78. The molecule has 3 saturated carbocycles. The fourth-order valence-electron chi connectivity index (χ4n) is 8.95. The van der Waals surface area contributed by atoms with Gasteiger partial charge in [0.25, 0.3) is 0 Å². The van der Waals surface area contributed by atoms with E-state index in [2.05, 4.69) is 60.4 Å². The highest BCUT2D eigenvalue weighted by molar-refractivity contribution is 6.74. The Morgan fingerprint density at radius 2 is 1.64 bits per heavy atom. The average Bonchev–Trinajstić information content (AvgIpc) is 3.43. The van der Waals surface area contributed by atoms with E-state index in [1.807, 2.05) is 0 Å². The zero-order valence-corrected chi connectivity index (χ0v) is 26.4. The number of cyclic esters (lactones) is 1. The van der Waals surface area contributed by atoms with Gasteiger partial charge < -0.3 is 18.3 Å². The Labute approximate surface area is 222 Å². The Morgan fingerprint density at radius 3 is 2.25 bits per heavy atom. The van der Waals surface area contributed by atoms with Crippen molar-refractivity contribution in [1.29, 1.82) is 0 Å². The second kappa shape index (κ2) is 8.90. The van der Waals surface area contributed by atoms with Crippen LogP contribution < -0.4 is 0 Å². The third-order valence-corrected chi connectivity index (χ3v) is 16.8. The molecule has 0 bridgehead atoms. The molecule has 1 spiro atoms. The highest BCUT2D eigenvalue weighted by Gasteiger charge is 2.74. The molecule has 5 aliphatic rings. The highest BCUT2D eigenvalue weighted by atomic mass is 28.4. The molecule has 8 atom stereocenters. The molecule has 36 heavy (non-hydrogen) atoms. The Morgan fingerprint density at radius 1 is 0.972 bits per heavy atom. The molecular weight excluding hydrogens is 484 g/mol. The first-order chi connectivity index (χ1) is 16.6.